The molecule has 1 aliphatic rings. The Hall–Kier alpha value is -1.06. The van der Waals surface area contributed by atoms with Crippen LogP contribution in [0.25, 0.3) is 0 Å². The lowest BCUT2D eigenvalue weighted by atomic mass is 10.1. The van der Waals surface area contributed by atoms with Crippen LogP contribution in [-0.2, 0) is 4.79 Å². The van der Waals surface area contributed by atoms with Crippen molar-refractivity contribution in [3.05, 3.63) is 0 Å². The zero-order valence-electron chi connectivity index (χ0n) is 9.12. The Morgan fingerprint density at radius 2 is 1.93 bits per heavy atom. The van der Waals surface area contributed by atoms with E-state index in [1.807, 2.05) is 20.8 Å². The van der Waals surface area contributed by atoms with Gasteiger partial charge in [0.2, 0.25) is 0 Å². The van der Waals surface area contributed by atoms with Gasteiger partial charge in [0.1, 0.15) is 0 Å². The van der Waals surface area contributed by atoms with Crippen molar-refractivity contribution in [3.8, 4) is 0 Å². The molecule has 1 aliphatic heterocycles. The molecule has 1 saturated heterocycles. The van der Waals surface area contributed by atoms with Gasteiger partial charge in [0.05, 0.1) is 6.54 Å². The maximum absolute atomic E-state index is 11.6. The standard InChI is InChI=1S/C10H18N2O2/c1-4-11-5-6-12(10(11)14)7-9(13)8(2)3/h8H,4-7H2,1-3H3. The molecule has 0 N–H and O–H groups in total. The third-order valence-corrected chi connectivity index (χ3v) is 2.55. The van der Waals surface area contributed by atoms with Crippen molar-refractivity contribution in [2.75, 3.05) is 26.2 Å². The van der Waals surface area contributed by atoms with Crippen molar-refractivity contribution >= 4 is 11.8 Å². The first kappa shape index (κ1) is 11.0. The molecule has 0 spiro atoms. The van der Waals surface area contributed by atoms with Gasteiger partial charge in [0.25, 0.3) is 0 Å². The summed E-state index contributed by atoms with van der Waals surface area (Å²) in [5, 5.41) is 0. The SMILES string of the molecule is CCN1CCN(CC(=O)C(C)C)C1=O. The van der Waals surface area contributed by atoms with Crippen LogP contribution in [0.3, 0.4) is 0 Å². The number of nitrogens with zero attached hydrogens (tertiary/aromatic N) is 2. The Balaban J connectivity index is 2.48. The zero-order chi connectivity index (χ0) is 10.7. The first-order valence-electron chi connectivity index (χ1n) is 5.12. The lowest BCUT2D eigenvalue weighted by molar-refractivity contribution is -0.122. The summed E-state index contributed by atoms with van der Waals surface area (Å²) in [5.41, 5.74) is 0. The molecule has 4 heteroatoms. The van der Waals surface area contributed by atoms with E-state index < -0.39 is 0 Å². The van der Waals surface area contributed by atoms with Crippen LogP contribution < -0.4 is 0 Å². The van der Waals surface area contributed by atoms with Crippen molar-refractivity contribution in [2.45, 2.75) is 20.8 Å². The number of carbonyl (C=O) groups excluding carboxylic acids is 2. The number of rotatable bonds is 4. The number of hydrogen-bond donors (Lipinski definition) is 0. The van der Waals surface area contributed by atoms with E-state index in [0.29, 0.717) is 6.54 Å². The molecule has 4 nitrogen and oxygen atoms in total. The molecular weight excluding hydrogens is 180 g/mol. The summed E-state index contributed by atoms with van der Waals surface area (Å²) in [5.74, 6) is 0.148. The van der Waals surface area contributed by atoms with Crippen molar-refractivity contribution in [2.24, 2.45) is 5.92 Å². The Morgan fingerprint density at radius 1 is 1.36 bits per heavy atom. The van der Waals surface area contributed by atoms with Crippen LogP contribution in [-0.4, -0.2) is 47.8 Å². The van der Waals surface area contributed by atoms with Crippen LogP contribution in [0, 0.1) is 5.92 Å². The quantitative estimate of drug-likeness (QED) is 0.675. The number of amides is 2. The predicted octanol–water partition coefficient (Wildman–Crippen LogP) is 0.969. The molecule has 0 aliphatic carbocycles. The molecule has 1 rings (SSSR count). The van der Waals surface area contributed by atoms with E-state index in [-0.39, 0.29) is 24.3 Å². The second kappa shape index (κ2) is 4.44. The summed E-state index contributed by atoms with van der Waals surface area (Å²) in [7, 11) is 0. The van der Waals surface area contributed by atoms with Crippen molar-refractivity contribution in [1.82, 2.24) is 9.80 Å². The Bertz CT molecular complexity index is 238. The molecule has 0 saturated carbocycles. The fraction of sp³-hybridized carbons (Fsp3) is 0.800. The number of likely N-dealkylation sites (N-methyl/N-ethyl adjacent to an activating group) is 1. The number of urea groups is 1. The topological polar surface area (TPSA) is 40.6 Å². The van der Waals surface area contributed by atoms with Crippen molar-refractivity contribution < 1.29 is 9.59 Å². The van der Waals surface area contributed by atoms with Gasteiger partial charge in [-0.25, -0.2) is 4.79 Å². The monoisotopic (exact) mass is 198 g/mol. The minimum atomic E-state index is 0.00139. The first-order chi connectivity index (χ1) is 6.56. The van der Waals surface area contributed by atoms with E-state index in [2.05, 4.69) is 0 Å². The molecule has 1 fully saturated rings. The molecular formula is C10H18N2O2. The van der Waals surface area contributed by atoms with Crippen LogP contribution in [0.5, 0.6) is 0 Å². The lowest BCUT2D eigenvalue weighted by Crippen LogP contribution is -2.36. The van der Waals surface area contributed by atoms with E-state index in [1.165, 1.54) is 0 Å². The zero-order valence-corrected chi connectivity index (χ0v) is 9.12. The largest absolute Gasteiger partial charge is 0.323 e. The molecule has 0 atom stereocenters. The number of ketones is 1. The van der Waals surface area contributed by atoms with Crippen LogP contribution in [0.4, 0.5) is 4.79 Å². The maximum atomic E-state index is 11.6. The van der Waals surface area contributed by atoms with E-state index in [4.69, 9.17) is 0 Å². The van der Waals surface area contributed by atoms with Crippen molar-refractivity contribution in [1.29, 1.82) is 0 Å². The van der Waals surface area contributed by atoms with E-state index in [1.54, 1.807) is 9.80 Å². The predicted molar refractivity (Wildman–Crippen MR) is 54.1 cm³/mol. The van der Waals surface area contributed by atoms with Gasteiger partial charge >= 0.3 is 6.03 Å². The third kappa shape index (κ3) is 2.25. The van der Waals surface area contributed by atoms with Gasteiger partial charge in [-0.1, -0.05) is 13.8 Å². The van der Waals surface area contributed by atoms with Crippen LogP contribution in [0.15, 0.2) is 0 Å². The van der Waals surface area contributed by atoms with Gasteiger partial charge in [-0.2, -0.15) is 0 Å². The molecule has 2 amide bonds. The minimum Gasteiger partial charge on any atom is -0.323 e. The molecule has 0 aromatic carbocycles. The van der Waals surface area contributed by atoms with Crippen LogP contribution in [0.2, 0.25) is 0 Å². The van der Waals surface area contributed by atoms with E-state index >= 15 is 0 Å². The summed E-state index contributed by atoms with van der Waals surface area (Å²) in [6.07, 6.45) is 0. The highest BCUT2D eigenvalue weighted by Gasteiger charge is 2.28. The number of hydrogen-bond acceptors (Lipinski definition) is 2. The summed E-state index contributed by atoms with van der Waals surface area (Å²) in [6, 6.07) is 0.00139. The van der Waals surface area contributed by atoms with E-state index in [9.17, 15) is 9.59 Å². The van der Waals surface area contributed by atoms with E-state index in [0.717, 1.165) is 13.1 Å². The summed E-state index contributed by atoms with van der Waals surface area (Å²) >= 11 is 0. The second-order valence-corrected chi connectivity index (χ2v) is 3.90. The Labute approximate surface area is 84.9 Å². The number of Topliss-reactive ketones (excluding diaryl/α,β-unsaturated/α-hetero) is 1. The van der Waals surface area contributed by atoms with Crippen LogP contribution >= 0.6 is 0 Å². The molecule has 0 bridgehead atoms. The Morgan fingerprint density at radius 3 is 2.36 bits per heavy atom. The van der Waals surface area contributed by atoms with Gasteiger partial charge in [0, 0.05) is 25.6 Å². The molecule has 1 heterocycles. The van der Waals surface area contributed by atoms with Gasteiger partial charge in [-0.15, -0.1) is 0 Å². The molecule has 0 unspecified atom stereocenters. The average molecular weight is 198 g/mol. The summed E-state index contributed by atoms with van der Waals surface area (Å²) in [4.78, 5) is 26.4. The highest BCUT2D eigenvalue weighted by atomic mass is 16.2. The van der Waals surface area contributed by atoms with Gasteiger partial charge in [-0.3, -0.25) is 4.79 Å². The normalized spacial score (nSPS) is 17.0. The summed E-state index contributed by atoms with van der Waals surface area (Å²) < 4.78 is 0. The fourth-order valence-electron chi connectivity index (χ4n) is 1.44. The highest BCUT2D eigenvalue weighted by Crippen LogP contribution is 2.09. The minimum absolute atomic E-state index is 0.00139. The summed E-state index contributed by atoms with van der Waals surface area (Å²) in [6.45, 7) is 8.11. The van der Waals surface area contributed by atoms with Crippen LogP contribution in [0.1, 0.15) is 20.8 Å². The molecule has 80 valence electrons. The van der Waals surface area contributed by atoms with Gasteiger partial charge < -0.3 is 9.80 Å². The maximum Gasteiger partial charge on any atom is 0.320 e. The van der Waals surface area contributed by atoms with Crippen molar-refractivity contribution in [3.63, 3.8) is 0 Å². The Kier molecular flexibility index (Phi) is 3.49. The highest BCUT2D eigenvalue weighted by molar-refractivity contribution is 5.87. The first-order valence-corrected chi connectivity index (χ1v) is 5.12. The molecule has 14 heavy (non-hydrogen) atoms. The smallest absolute Gasteiger partial charge is 0.320 e. The second-order valence-electron chi connectivity index (χ2n) is 3.90. The third-order valence-electron chi connectivity index (χ3n) is 2.55. The van der Waals surface area contributed by atoms with Gasteiger partial charge in [-0.05, 0) is 6.92 Å². The lowest BCUT2D eigenvalue weighted by Gasteiger charge is -2.17. The van der Waals surface area contributed by atoms with Gasteiger partial charge in [0.15, 0.2) is 5.78 Å². The fourth-order valence-corrected chi connectivity index (χ4v) is 1.44. The average Bonchev–Trinajstić information content (AvgIpc) is 2.47. The number of carbonyl (C=O) groups is 2. The molecule has 0 aromatic rings. The molecule has 0 radical (unpaired) electrons. The molecule has 0 aromatic heterocycles.